The van der Waals surface area contributed by atoms with Crippen LogP contribution in [0.5, 0.6) is 0 Å². The molecule has 0 atom stereocenters. The summed E-state index contributed by atoms with van der Waals surface area (Å²) in [6, 6.07) is -0.240. The van der Waals surface area contributed by atoms with E-state index in [4.69, 9.17) is 5.11 Å². The second-order valence-electron chi connectivity index (χ2n) is 4.73. The lowest BCUT2D eigenvalue weighted by Gasteiger charge is -2.43. The lowest BCUT2D eigenvalue weighted by molar-refractivity contribution is -0.137. The van der Waals surface area contributed by atoms with Gasteiger partial charge >= 0.3 is 12.0 Å². The van der Waals surface area contributed by atoms with Crippen LogP contribution in [0.2, 0.25) is 0 Å². The molecule has 1 saturated carbocycles. The summed E-state index contributed by atoms with van der Waals surface area (Å²) >= 11 is 0. The quantitative estimate of drug-likeness (QED) is 0.746. The van der Waals surface area contributed by atoms with Crippen molar-refractivity contribution in [1.82, 2.24) is 10.2 Å². The smallest absolute Gasteiger partial charge is 0.323 e. The van der Waals surface area contributed by atoms with Gasteiger partial charge in [0, 0.05) is 12.1 Å². The lowest BCUT2D eigenvalue weighted by atomic mass is 9.75. The topological polar surface area (TPSA) is 69.6 Å². The molecule has 1 fully saturated rings. The maximum absolute atomic E-state index is 12.0. The monoisotopic (exact) mass is 242 g/mol. The van der Waals surface area contributed by atoms with E-state index in [-0.39, 0.29) is 18.1 Å². The fourth-order valence-corrected chi connectivity index (χ4v) is 2.16. The summed E-state index contributed by atoms with van der Waals surface area (Å²) in [6.45, 7) is 4.25. The minimum Gasteiger partial charge on any atom is -0.480 e. The van der Waals surface area contributed by atoms with Gasteiger partial charge in [-0.2, -0.15) is 0 Å². The number of carboxylic acids is 1. The minimum absolute atomic E-state index is 0.0818. The fraction of sp³-hybridized carbons (Fsp3) is 0.833. The van der Waals surface area contributed by atoms with Crippen LogP contribution >= 0.6 is 0 Å². The molecule has 2 amide bonds. The molecule has 0 unspecified atom stereocenters. The van der Waals surface area contributed by atoms with Crippen LogP contribution < -0.4 is 5.32 Å². The first-order valence-electron chi connectivity index (χ1n) is 6.32. The second kappa shape index (κ2) is 5.89. The van der Waals surface area contributed by atoms with E-state index >= 15 is 0 Å². The van der Waals surface area contributed by atoms with E-state index in [2.05, 4.69) is 12.2 Å². The Hall–Kier alpha value is -1.26. The number of hydrogen-bond donors (Lipinski definition) is 2. The highest BCUT2D eigenvalue weighted by Gasteiger charge is 2.37. The molecule has 1 aliphatic carbocycles. The molecule has 1 rings (SSSR count). The minimum atomic E-state index is -0.965. The van der Waals surface area contributed by atoms with Crippen molar-refractivity contribution in [3.63, 3.8) is 0 Å². The summed E-state index contributed by atoms with van der Waals surface area (Å²) in [6.07, 6.45) is 4.82. The van der Waals surface area contributed by atoms with E-state index in [0.29, 0.717) is 6.54 Å². The number of carbonyl (C=O) groups is 2. The van der Waals surface area contributed by atoms with Gasteiger partial charge in [-0.1, -0.05) is 13.8 Å². The second-order valence-corrected chi connectivity index (χ2v) is 4.73. The maximum Gasteiger partial charge on any atom is 0.323 e. The number of amides is 2. The molecule has 98 valence electrons. The number of aliphatic carboxylic acids is 1. The van der Waals surface area contributed by atoms with Crippen molar-refractivity contribution in [3.05, 3.63) is 0 Å². The van der Waals surface area contributed by atoms with Gasteiger partial charge in [-0.05, 0) is 32.1 Å². The normalized spacial score (nSPS) is 17.1. The van der Waals surface area contributed by atoms with Crippen LogP contribution in [0.1, 0.15) is 46.0 Å². The van der Waals surface area contributed by atoms with E-state index in [1.165, 1.54) is 4.90 Å². The lowest BCUT2D eigenvalue weighted by Crippen LogP contribution is -2.57. The van der Waals surface area contributed by atoms with Gasteiger partial charge in [-0.3, -0.25) is 4.79 Å². The molecule has 17 heavy (non-hydrogen) atoms. The van der Waals surface area contributed by atoms with Crippen LogP contribution in [0.4, 0.5) is 4.79 Å². The first-order chi connectivity index (χ1) is 8.03. The Bertz CT molecular complexity index is 282. The van der Waals surface area contributed by atoms with Crippen molar-refractivity contribution in [2.75, 3.05) is 13.1 Å². The molecule has 5 heteroatoms. The summed E-state index contributed by atoms with van der Waals surface area (Å²) in [4.78, 5) is 24.0. The van der Waals surface area contributed by atoms with Crippen molar-refractivity contribution in [2.24, 2.45) is 0 Å². The van der Waals surface area contributed by atoms with Crippen LogP contribution in [0, 0.1) is 0 Å². The third kappa shape index (κ3) is 3.61. The van der Waals surface area contributed by atoms with Crippen molar-refractivity contribution in [1.29, 1.82) is 0 Å². The molecule has 0 aliphatic heterocycles. The Balaban J connectivity index is 2.54. The van der Waals surface area contributed by atoms with Gasteiger partial charge in [-0.25, -0.2) is 4.79 Å². The molecule has 0 aromatic carbocycles. The van der Waals surface area contributed by atoms with Crippen LogP contribution in [0.3, 0.4) is 0 Å². The molecule has 0 aromatic heterocycles. The zero-order chi connectivity index (χ0) is 12.9. The average molecular weight is 242 g/mol. The number of nitrogens with zero attached hydrogens (tertiary/aromatic N) is 1. The SMILES string of the molecule is CCCN(CC(=O)O)C(=O)NC1(CC)CCC1. The highest BCUT2D eigenvalue weighted by atomic mass is 16.4. The van der Waals surface area contributed by atoms with Crippen LogP contribution in [-0.4, -0.2) is 40.6 Å². The summed E-state index contributed by atoms with van der Waals surface area (Å²) in [5, 5.41) is 11.8. The molecule has 0 saturated heterocycles. The van der Waals surface area contributed by atoms with Gasteiger partial charge in [0.2, 0.25) is 0 Å². The van der Waals surface area contributed by atoms with Gasteiger partial charge in [0.25, 0.3) is 0 Å². The molecule has 1 aliphatic rings. The van der Waals surface area contributed by atoms with Crippen LogP contribution in [0.25, 0.3) is 0 Å². The van der Waals surface area contributed by atoms with Crippen molar-refractivity contribution < 1.29 is 14.7 Å². The van der Waals surface area contributed by atoms with Crippen LogP contribution in [-0.2, 0) is 4.79 Å². The van der Waals surface area contributed by atoms with Gasteiger partial charge in [0.15, 0.2) is 0 Å². The average Bonchev–Trinajstić information content (AvgIpc) is 2.22. The van der Waals surface area contributed by atoms with Crippen molar-refractivity contribution >= 4 is 12.0 Å². The molecular weight excluding hydrogens is 220 g/mol. The molecule has 2 N–H and O–H groups in total. The van der Waals surface area contributed by atoms with Crippen molar-refractivity contribution in [2.45, 2.75) is 51.5 Å². The predicted molar refractivity (Wildman–Crippen MR) is 64.9 cm³/mol. The molecule has 0 aromatic rings. The van der Waals surface area contributed by atoms with Crippen molar-refractivity contribution in [3.8, 4) is 0 Å². The Labute approximate surface area is 102 Å². The zero-order valence-corrected chi connectivity index (χ0v) is 10.7. The number of carbonyl (C=O) groups excluding carboxylic acids is 1. The first-order valence-corrected chi connectivity index (χ1v) is 6.32. The van der Waals surface area contributed by atoms with E-state index in [1.807, 2.05) is 6.92 Å². The van der Waals surface area contributed by atoms with E-state index in [0.717, 1.165) is 32.1 Å². The highest BCUT2D eigenvalue weighted by molar-refractivity contribution is 5.80. The molecule has 0 radical (unpaired) electrons. The third-order valence-corrected chi connectivity index (χ3v) is 3.47. The Morgan fingerprint density at radius 2 is 2.00 bits per heavy atom. The summed E-state index contributed by atoms with van der Waals surface area (Å²) in [5.41, 5.74) is -0.0818. The summed E-state index contributed by atoms with van der Waals surface area (Å²) in [7, 11) is 0. The first kappa shape index (κ1) is 13.8. The van der Waals surface area contributed by atoms with Gasteiger partial charge in [0.05, 0.1) is 0 Å². The zero-order valence-electron chi connectivity index (χ0n) is 10.7. The number of hydrogen-bond acceptors (Lipinski definition) is 2. The maximum atomic E-state index is 12.0. The predicted octanol–water partition coefficient (Wildman–Crippen LogP) is 1.83. The van der Waals surface area contributed by atoms with Gasteiger partial charge < -0.3 is 15.3 Å². The Kier molecular flexibility index (Phi) is 4.78. The van der Waals surface area contributed by atoms with Gasteiger partial charge in [-0.15, -0.1) is 0 Å². The number of nitrogens with one attached hydrogen (secondary N) is 1. The van der Waals surface area contributed by atoms with E-state index in [9.17, 15) is 9.59 Å². The summed E-state index contributed by atoms with van der Waals surface area (Å²) in [5.74, 6) is -0.965. The molecular formula is C12H22N2O3. The number of rotatable bonds is 6. The molecule has 0 heterocycles. The van der Waals surface area contributed by atoms with E-state index in [1.54, 1.807) is 0 Å². The van der Waals surface area contributed by atoms with Gasteiger partial charge in [0.1, 0.15) is 6.54 Å². The molecule has 0 bridgehead atoms. The molecule has 5 nitrogen and oxygen atoms in total. The fourth-order valence-electron chi connectivity index (χ4n) is 2.16. The standard InChI is InChI=1S/C12H22N2O3/c1-3-8-14(9-10(15)16)11(17)13-12(4-2)6-5-7-12/h3-9H2,1-2H3,(H,13,17)(H,15,16). The van der Waals surface area contributed by atoms with Crippen LogP contribution in [0.15, 0.2) is 0 Å². The Morgan fingerprint density at radius 3 is 2.35 bits per heavy atom. The summed E-state index contributed by atoms with van der Waals surface area (Å²) < 4.78 is 0. The largest absolute Gasteiger partial charge is 0.480 e. The number of urea groups is 1. The number of carboxylic acid groups (broad SMARTS) is 1. The Morgan fingerprint density at radius 1 is 1.35 bits per heavy atom. The third-order valence-electron chi connectivity index (χ3n) is 3.47. The highest BCUT2D eigenvalue weighted by Crippen LogP contribution is 2.34. The van der Waals surface area contributed by atoms with E-state index < -0.39 is 5.97 Å². The molecule has 0 spiro atoms.